The van der Waals surface area contributed by atoms with Crippen molar-refractivity contribution in [2.45, 2.75) is 25.7 Å². The monoisotopic (exact) mass is 253 g/mol. The molecule has 0 bridgehead atoms. The summed E-state index contributed by atoms with van der Waals surface area (Å²) in [5, 5.41) is 3.14. The Hall–Kier alpha value is -1.29. The number of aromatic nitrogens is 1. The molecule has 1 fully saturated rings. The molecule has 0 radical (unpaired) electrons. The number of nitrogens with zero attached hydrogens (tertiary/aromatic N) is 1. The predicted octanol–water partition coefficient (Wildman–Crippen LogP) is 2.24. The van der Waals surface area contributed by atoms with Crippen LogP contribution in [0, 0.1) is 5.92 Å². The second kappa shape index (κ2) is 5.36. The average molecular weight is 254 g/mol. The number of hydrogen-bond donors (Lipinski definition) is 2. The SMILES string of the molecule is Nc1ccc(Cl)c(C(=O)NCCCC2CC2)n1. The van der Waals surface area contributed by atoms with Crippen LogP contribution in [0.25, 0.3) is 0 Å². The van der Waals surface area contributed by atoms with Crippen LogP contribution in [0.2, 0.25) is 5.02 Å². The van der Waals surface area contributed by atoms with Gasteiger partial charge in [-0.15, -0.1) is 0 Å². The zero-order valence-electron chi connectivity index (χ0n) is 9.58. The van der Waals surface area contributed by atoms with E-state index in [0.717, 1.165) is 12.3 Å². The van der Waals surface area contributed by atoms with Gasteiger partial charge < -0.3 is 11.1 Å². The quantitative estimate of drug-likeness (QED) is 0.791. The Labute approximate surface area is 106 Å². The topological polar surface area (TPSA) is 68.0 Å². The fourth-order valence-corrected chi connectivity index (χ4v) is 1.89. The minimum atomic E-state index is -0.252. The fourth-order valence-electron chi connectivity index (χ4n) is 1.70. The number of carbonyl (C=O) groups is 1. The number of amides is 1. The van der Waals surface area contributed by atoms with E-state index in [1.165, 1.54) is 19.3 Å². The number of hydrogen-bond acceptors (Lipinski definition) is 3. The zero-order chi connectivity index (χ0) is 12.3. The van der Waals surface area contributed by atoms with Crippen LogP contribution in [0.15, 0.2) is 12.1 Å². The summed E-state index contributed by atoms with van der Waals surface area (Å²) in [6.45, 7) is 0.669. The lowest BCUT2D eigenvalue weighted by atomic mass is 10.2. The summed E-state index contributed by atoms with van der Waals surface area (Å²) >= 11 is 5.89. The number of nitrogens with one attached hydrogen (secondary N) is 1. The Morgan fingerprint density at radius 2 is 2.29 bits per heavy atom. The van der Waals surface area contributed by atoms with Crippen molar-refractivity contribution in [2.24, 2.45) is 5.92 Å². The van der Waals surface area contributed by atoms with Crippen molar-refractivity contribution < 1.29 is 4.79 Å². The molecule has 1 aromatic rings. The average Bonchev–Trinajstić information content (AvgIpc) is 3.11. The van der Waals surface area contributed by atoms with E-state index in [2.05, 4.69) is 10.3 Å². The van der Waals surface area contributed by atoms with E-state index in [9.17, 15) is 4.79 Å². The Kier molecular flexibility index (Phi) is 3.84. The number of carbonyl (C=O) groups excluding carboxylic acids is 1. The van der Waals surface area contributed by atoms with E-state index >= 15 is 0 Å². The van der Waals surface area contributed by atoms with E-state index in [0.29, 0.717) is 17.4 Å². The molecule has 0 aliphatic heterocycles. The van der Waals surface area contributed by atoms with Gasteiger partial charge in [-0.3, -0.25) is 4.79 Å². The Balaban J connectivity index is 1.82. The first-order valence-electron chi connectivity index (χ1n) is 5.87. The van der Waals surface area contributed by atoms with Crippen molar-refractivity contribution in [3.05, 3.63) is 22.8 Å². The summed E-state index contributed by atoms with van der Waals surface area (Å²) in [5.41, 5.74) is 5.72. The third-order valence-electron chi connectivity index (χ3n) is 2.85. The lowest BCUT2D eigenvalue weighted by Crippen LogP contribution is -2.26. The van der Waals surface area contributed by atoms with E-state index in [4.69, 9.17) is 17.3 Å². The minimum Gasteiger partial charge on any atom is -0.384 e. The number of rotatable bonds is 5. The summed E-state index contributed by atoms with van der Waals surface area (Å²) in [4.78, 5) is 15.7. The second-order valence-corrected chi connectivity index (χ2v) is 4.82. The maximum absolute atomic E-state index is 11.8. The minimum absolute atomic E-state index is 0.207. The van der Waals surface area contributed by atoms with Crippen LogP contribution in [-0.2, 0) is 0 Å². The third kappa shape index (κ3) is 3.60. The molecule has 1 aliphatic rings. The van der Waals surface area contributed by atoms with Gasteiger partial charge in [-0.1, -0.05) is 24.4 Å². The fraction of sp³-hybridized carbons (Fsp3) is 0.500. The van der Waals surface area contributed by atoms with Gasteiger partial charge in [0.15, 0.2) is 0 Å². The van der Waals surface area contributed by atoms with Gasteiger partial charge >= 0.3 is 0 Å². The number of nitrogen functional groups attached to an aromatic ring is 1. The van der Waals surface area contributed by atoms with Crippen molar-refractivity contribution in [1.29, 1.82) is 0 Å². The molecule has 0 spiro atoms. The van der Waals surface area contributed by atoms with Crippen molar-refractivity contribution in [3.63, 3.8) is 0 Å². The highest BCUT2D eigenvalue weighted by molar-refractivity contribution is 6.33. The van der Waals surface area contributed by atoms with Crippen LogP contribution in [-0.4, -0.2) is 17.4 Å². The molecule has 0 aromatic carbocycles. The summed E-state index contributed by atoms with van der Waals surface area (Å²) < 4.78 is 0. The highest BCUT2D eigenvalue weighted by Crippen LogP contribution is 2.33. The number of anilines is 1. The van der Waals surface area contributed by atoms with Gasteiger partial charge in [0.1, 0.15) is 11.5 Å². The highest BCUT2D eigenvalue weighted by Gasteiger charge is 2.20. The van der Waals surface area contributed by atoms with Crippen molar-refractivity contribution in [1.82, 2.24) is 10.3 Å². The van der Waals surface area contributed by atoms with E-state index in [-0.39, 0.29) is 11.6 Å². The molecule has 1 amide bonds. The lowest BCUT2D eigenvalue weighted by molar-refractivity contribution is 0.0948. The largest absolute Gasteiger partial charge is 0.384 e. The van der Waals surface area contributed by atoms with E-state index in [1.54, 1.807) is 12.1 Å². The highest BCUT2D eigenvalue weighted by atomic mass is 35.5. The molecule has 3 N–H and O–H groups in total. The van der Waals surface area contributed by atoms with Crippen molar-refractivity contribution in [2.75, 3.05) is 12.3 Å². The number of nitrogens with two attached hydrogens (primary N) is 1. The molecule has 0 atom stereocenters. The first kappa shape index (κ1) is 12.2. The number of pyridine rings is 1. The van der Waals surface area contributed by atoms with E-state index in [1.807, 2.05) is 0 Å². The van der Waals surface area contributed by atoms with Crippen molar-refractivity contribution in [3.8, 4) is 0 Å². The Bertz CT molecular complexity index is 418. The van der Waals surface area contributed by atoms with Crippen LogP contribution in [0.1, 0.15) is 36.2 Å². The van der Waals surface area contributed by atoms with Gasteiger partial charge in [0.25, 0.3) is 5.91 Å². The lowest BCUT2D eigenvalue weighted by Gasteiger charge is -2.06. The molecule has 1 saturated carbocycles. The van der Waals surface area contributed by atoms with Gasteiger partial charge in [0.05, 0.1) is 5.02 Å². The molecule has 92 valence electrons. The molecule has 5 heteroatoms. The summed E-state index contributed by atoms with van der Waals surface area (Å²) in [6, 6.07) is 3.16. The summed E-state index contributed by atoms with van der Waals surface area (Å²) in [7, 11) is 0. The smallest absolute Gasteiger partial charge is 0.271 e. The molecular weight excluding hydrogens is 238 g/mol. The Morgan fingerprint density at radius 3 is 3.00 bits per heavy atom. The summed E-state index contributed by atoms with van der Waals surface area (Å²) in [6.07, 6.45) is 4.89. The molecular formula is C12H16ClN3O. The molecule has 1 heterocycles. The van der Waals surface area contributed by atoms with Crippen LogP contribution in [0.4, 0.5) is 5.82 Å². The van der Waals surface area contributed by atoms with Gasteiger partial charge in [0.2, 0.25) is 0 Å². The molecule has 17 heavy (non-hydrogen) atoms. The van der Waals surface area contributed by atoms with E-state index < -0.39 is 0 Å². The molecule has 4 nitrogen and oxygen atoms in total. The second-order valence-electron chi connectivity index (χ2n) is 4.41. The predicted molar refractivity (Wildman–Crippen MR) is 68.0 cm³/mol. The maximum Gasteiger partial charge on any atom is 0.271 e. The van der Waals surface area contributed by atoms with Gasteiger partial charge in [-0.25, -0.2) is 4.98 Å². The number of halogens is 1. The van der Waals surface area contributed by atoms with Gasteiger partial charge in [-0.05, 0) is 30.9 Å². The standard InChI is InChI=1S/C12H16ClN3O/c13-9-5-6-10(14)16-11(9)12(17)15-7-1-2-8-3-4-8/h5-6,8H,1-4,7H2,(H2,14,16)(H,15,17). The summed E-state index contributed by atoms with van der Waals surface area (Å²) in [5.74, 6) is 0.941. The van der Waals surface area contributed by atoms with Gasteiger partial charge in [0, 0.05) is 6.54 Å². The first-order chi connectivity index (χ1) is 8.16. The first-order valence-corrected chi connectivity index (χ1v) is 6.25. The molecule has 2 rings (SSSR count). The van der Waals surface area contributed by atoms with Crippen LogP contribution in [0.3, 0.4) is 0 Å². The van der Waals surface area contributed by atoms with Crippen molar-refractivity contribution >= 4 is 23.3 Å². The molecule has 1 aromatic heterocycles. The van der Waals surface area contributed by atoms with Crippen LogP contribution >= 0.6 is 11.6 Å². The van der Waals surface area contributed by atoms with Gasteiger partial charge in [-0.2, -0.15) is 0 Å². The molecule has 0 unspecified atom stereocenters. The third-order valence-corrected chi connectivity index (χ3v) is 3.16. The molecule has 0 saturated heterocycles. The zero-order valence-corrected chi connectivity index (χ0v) is 10.3. The van der Waals surface area contributed by atoms with Crippen LogP contribution < -0.4 is 11.1 Å². The Morgan fingerprint density at radius 1 is 1.53 bits per heavy atom. The maximum atomic E-state index is 11.8. The molecule has 1 aliphatic carbocycles. The normalized spacial score (nSPS) is 14.6. The van der Waals surface area contributed by atoms with Crippen LogP contribution in [0.5, 0.6) is 0 Å².